The van der Waals surface area contributed by atoms with Crippen molar-refractivity contribution in [3.63, 3.8) is 0 Å². The molecule has 100 valence electrons. The molecule has 3 heteroatoms. The van der Waals surface area contributed by atoms with Gasteiger partial charge in [0, 0.05) is 24.3 Å². The Morgan fingerprint density at radius 2 is 1.95 bits per heavy atom. The third kappa shape index (κ3) is 3.80. The molecular weight excluding hydrogens is 236 g/mol. The van der Waals surface area contributed by atoms with Crippen LogP contribution in [0.5, 0.6) is 5.75 Å². The van der Waals surface area contributed by atoms with E-state index in [-0.39, 0.29) is 0 Å². The van der Waals surface area contributed by atoms with E-state index < -0.39 is 0 Å². The molecule has 1 aromatic heterocycles. The standard InChI is InChI=1S/C16H20N2O/c1-12-7-8-16(19-3)14(9-12)10-17-11-15-6-4-5-13(2)18-15/h4-9,17H,10-11H2,1-3H3. The number of methoxy groups -OCH3 is 1. The average molecular weight is 256 g/mol. The van der Waals surface area contributed by atoms with E-state index in [0.29, 0.717) is 0 Å². The monoisotopic (exact) mass is 256 g/mol. The van der Waals surface area contributed by atoms with Crippen molar-refractivity contribution in [2.24, 2.45) is 0 Å². The van der Waals surface area contributed by atoms with E-state index in [2.05, 4.69) is 29.4 Å². The summed E-state index contributed by atoms with van der Waals surface area (Å²) >= 11 is 0. The topological polar surface area (TPSA) is 34.1 Å². The smallest absolute Gasteiger partial charge is 0.123 e. The summed E-state index contributed by atoms with van der Waals surface area (Å²) < 4.78 is 5.37. The maximum absolute atomic E-state index is 5.37. The van der Waals surface area contributed by atoms with Crippen molar-refractivity contribution in [1.29, 1.82) is 0 Å². The van der Waals surface area contributed by atoms with Gasteiger partial charge in [-0.1, -0.05) is 23.8 Å². The van der Waals surface area contributed by atoms with Crippen molar-refractivity contribution in [1.82, 2.24) is 10.3 Å². The van der Waals surface area contributed by atoms with Gasteiger partial charge < -0.3 is 10.1 Å². The molecule has 0 saturated carbocycles. The van der Waals surface area contributed by atoms with Crippen molar-refractivity contribution in [3.05, 3.63) is 58.9 Å². The van der Waals surface area contributed by atoms with Gasteiger partial charge in [0.15, 0.2) is 0 Å². The second-order valence-corrected chi connectivity index (χ2v) is 4.69. The van der Waals surface area contributed by atoms with Crippen LogP contribution >= 0.6 is 0 Å². The summed E-state index contributed by atoms with van der Waals surface area (Å²) in [5, 5.41) is 3.40. The van der Waals surface area contributed by atoms with Crippen LogP contribution in [0.1, 0.15) is 22.5 Å². The van der Waals surface area contributed by atoms with Crippen molar-refractivity contribution in [2.45, 2.75) is 26.9 Å². The summed E-state index contributed by atoms with van der Waals surface area (Å²) in [4.78, 5) is 4.47. The fourth-order valence-corrected chi connectivity index (χ4v) is 2.07. The number of benzene rings is 1. The number of hydrogen-bond donors (Lipinski definition) is 1. The summed E-state index contributed by atoms with van der Waals surface area (Å²) in [7, 11) is 1.70. The second-order valence-electron chi connectivity index (χ2n) is 4.69. The van der Waals surface area contributed by atoms with Crippen molar-refractivity contribution in [3.8, 4) is 5.75 Å². The number of rotatable bonds is 5. The van der Waals surface area contributed by atoms with Crippen LogP contribution in [0.2, 0.25) is 0 Å². The molecule has 1 aromatic carbocycles. The maximum atomic E-state index is 5.37. The minimum absolute atomic E-state index is 0.763. The van der Waals surface area contributed by atoms with Crippen LogP contribution in [-0.4, -0.2) is 12.1 Å². The first kappa shape index (κ1) is 13.6. The molecule has 0 unspecified atom stereocenters. The van der Waals surface area contributed by atoms with Crippen molar-refractivity contribution >= 4 is 0 Å². The Hall–Kier alpha value is -1.87. The van der Waals surface area contributed by atoms with E-state index in [9.17, 15) is 0 Å². The fraction of sp³-hybridized carbons (Fsp3) is 0.312. The quantitative estimate of drug-likeness (QED) is 0.893. The number of aromatic nitrogens is 1. The average Bonchev–Trinajstić information content (AvgIpc) is 2.39. The molecule has 1 heterocycles. The Balaban J connectivity index is 1.97. The molecule has 0 atom stereocenters. The van der Waals surface area contributed by atoms with Crippen molar-refractivity contribution in [2.75, 3.05) is 7.11 Å². The van der Waals surface area contributed by atoms with Gasteiger partial charge in [-0.05, 0) is 32.0 Å². The van der Waals surface area contributed by atoms with Crippen LogP contribution in [0.3, 0.4) is 0 Å². The lowest BCUT2D eigenvalue weighted by Crippen LogP contribution is -2.14. The van der Waals surface area contributed by atoms with Crippen LogP contribution in [-0.2, 0) is 13.1 Å². The molecule has 2 aromatic rings. The van der Waals surface area contributed by atoms with Gasteiger partial charge in [0.2, 0.25) is 0 Å². The van der Waals surface area contributed by atoms with Crippen LogP contribution in [0.25, 0.3) is 0 Å². The molecule has 0 fully saturated rings. The number of nitrogens with one attached hydrogen (secondary N) is 1. The van der Waals surface area contributed by atoms with E-state index in [0.717, 1.165) is 30.2 Å². The van der Waals surface area contributed by atoms with Crippen molar-refractivity contribution < 1.29 is 4.74 Å². The lowest BCUT2D eigenvalue weighted by molar-refractivity contribution is 0.407. The zero-order valence-corrected chi connectivity index (χ0v) is 11.7. The van der Waals surface area contributed by atoms with Gasteiger partial charge in [0.1, 0.15) is 5.75 Å². The molecule has 1 N–H and O–H groups in total. The Labute approximate surface area is 114 Å². The van der Waals surface area contributed by atoms with Gasteiger partial charge in [-0.15, -0.1) is 0 Å². The normalized spacial score (nSPS) is 10.5. The molecule has 0 aliphatic rings. The van der Waals surface area contributed by atoms with Crippen LogP contribution in [0.15, 0.2) is 36.4 Å². The predicted molar refractivity (Wildman–Crippen MR) is 77.2 cm³/mol. The van der Waals surface area contributed by atoms with Gasteiger partial charge >= 0.3 is 0 Å². The summed E-state index contributed by atoms with van der Waals surface area (Å²) in [5.74, 6) is 0.926. The molecule has 0 saturated heterocycles. The molecule has 0 radical (unpaired) electrons. The molecule has 19 heavy (non-hydrogen) atoms. The Morgan fingerprint density at radius 3 is 2.68 bits per heavy atom. The lowest BCUT2D eigenvalue weighted by Gasteiger charge is -2.10. The number of pyridine rings is 1. The largest absolute Gasteiger partial charge is 0.496 e. The molecule has 2 rings (SSSR count). The number of ether oxygens (including phenoxy) is 1. The highest BCUT2D eigenvalue weighted by molar-refractivity contribution is 5.36. The Kier molecular flexibility index (Phi) is 4.53. The minimum Gasteiger partial charge on any atom is -0.496 e. The van der Waals surface area contributed by atoms with Crippen LogP contribution in [0.4, 0.5) is 0 Å². The first-order valence-corrected chi connectivity index (χ1v) is 6.46. The second kappa shape index (κ2) is 6.34. The SMILES string of the molecule is COc1ccc(C)cc1CNCc1cccc(C)n1. The number of nitrogens with zero attached hydrogens (tertiary/aromatic N) is 1. The molecule has 3 nitrogen and oxygen atoms in total. The summed E-state index contributed by atoms with van der Waals surface area (Å²) in [5.41, 5.74) is 4.53. The Bertz CT molecular complexity index is 552. The van der Waals surface area contributed by atoms with E-state index in [1.807, 2.05) is 31.2 Å². The maximum Gasteiger partial charge on any atom is 0.123 e. The summed E-state index contributed by atoms with van der Waals surface area (Å²) in [6.07, 6.45) is 0. The third-order valence-electron chi connectivity index (χ3n) is 3.00. The zero-order valence-electron chi connectivity index (χ0n) is 11.7. The minimum atomic E-state index is 0.763. The highest BCUT2D eigenvalue weighted by atomic mass is 16.5. The van der Waals surface area contributed by atoms with E-state index in [1.165, 1.54) is 11.1 Å². The van der Waals surface area contributed by atoms with Crippen LogP contribution in [0, 0.1) is 13.8 Å². The molecule has 0 aliphatic carbocycles. The first-order valence-electron chi connectivity index (χ1n) is 6.46. The number of hydrogen-bond acceptors (Lipinski definition) is 3. The summed E-state index contributed by atoms with van der Waals surface area (Å²) in [6.45, 7) is 5.64. The molecule has 0 aliphatic heterocycles. The van der Waals surface area contributed by atoms with Gasteiger partial charge in [-0.2, -0.15) is 0 Å². The molecule has 0 bridgehead atoms. The lowest BCUT2D eigenvalue weighted by atomic mass is 10.1. The molecule has 0 spiro atoms. The van der Waals surface area contributed by atoms with E-state index in [4.69, 9.17) is 4.74 Å². The van der Waals surface area contributed by atoms with Gasteiger partial charge in [-0.3, -0.25) is 4.98 Å². The van der Waals surface area contributed by atoms with E-state index in [1.54, 1.807) is 7.11 Å². The fourth-order valence-electron chi connectivity index (χ4n) is 2.07. The third-order valence-corrected chi connectivity index (χ3v) is 3.00. The van der Waals surface area contributed by atoms with E-state index >= 15 is 0 Å². The molecule has 0 amide bonds. The van der Waals surface area contributed by atoms with Gasteiger partial charge in [0.25, 0.3) is 0 Å². The zero-order chi connectivity index (χ0) is 13.7. The van der Waals surface area contributed by atoms with Gasteiger partial charge in [0.05, 0.1) is 12.8 Å². The first-order chi connectivity index (χ1) is 9.19. The highest BCUT2D eigenvalue weighted by Gasteiger charge is 2.03. The predicted octanol–water partition coefficient (Wildman–Crippen LogP) is 3.00. The Morgan fingerprint density at radius 1 is 1.11 bits per heavy atom. The van der Waals surface area contributed by atoms with Crippen LogP contribution < -0.4 is 10.1 Å². The van der Waals surface area contributed by atoms with Gasteiger partial charge in [-0.25, -0.2) is 0 Å². The number of aryl methyl sites for hydroxylation is 2. The highest BCUT2D eigenvalue weighted by Crippen LogP contribution is 2.19. The summed E-state index contributed by atoms with van der Waals surface area (Å²) in [6, 6.07) is 12.3. The molecular formula is C16H20N2O.